The van der Waals surface area contributed by atoms with Crippen LogP contribution in [-0.2, 0) is 0 Å². The van der Waals surface area contributed by atoms with Crippen LogP contribution in [0.5, 0.6) is 0 Å². The molecule has 1 aromatic rings. The normalized spacial score (nSPS) is 17.1. The number of nitrogens with zero attached hydrogens (tertiary/aromatic N) is 6. The van der Waals surface area contributed by atoms with Crippen molar-refractivity contribution in [1.82, 2.24) is 9.88 Å². The maximum Gasteiger partial charge on any atom is 0.185 e. The molecular weight excluding hydrogens is 224 g/mol. The summed E-state index contributed by atoms with van der Waals surface area (Å²) in [5.41, 5.74) is 8.19. The third kappa shape index (κ3) is 2.85. The molecule has 0 amide bonds. The van der Waals surface area contributed by atoms with Crippen molar-refractivity contribution in [2.45, 2.75) is 0 Å². The molecule has 6 nitrogen and oxygen atoms in total. The van der Waals surface area contributed by atoms with Gasteiger partial charge in [0.05, 0.1) is 0 Å². The van der Waals surface area contributed by atoms with Gasteiger partial charge in [0.25, 0.3) is 0 Å². The predicted octanol–water partition coefficient (Wildman–Crippen LogP) is 1.58. The number of azide groups is 1. The Bertz CT molecular complexity index is 350. The topological polar surface area (TPSA) is 68.1 Å². The lowest BCUT2D eigenvalue weighted by Crippen LogP contribution is -2.47. The van der Waals surface area contributed by atoms with Gasteiger partial charge in [0.1, 0.15) is 0 Å². The van der Waals surface area contributed by atoms with Crippen molar-refractivity contribution < 1.29 is 0 Å². The number of hydrogen-bond acceptors (Lipinski definition) is 5. The van der Waals surface area contributed by atoms with E-state index in [0.29, 0.717) is 6.54 Å². The highest BCUT2D eigenvalue weighted by molar-refractivity contribution is 7.13. The lowest BCUT2D eigenvalue weighted by Gasteiger charge is -2.34. The lowest BCUT2D eigenvalue weighted by molar-refractivity contribution is 0.265. The second-order valence-corrected chi connectivity index (χ2v) is 4.47. The minimum absolute atomic E-state index is 0.563. The third-order valence-corrected chi connectivity index (χ3v) is 3.47. The van der Waals surface area contributed by atoms with E-state index in [0.717, 1.165) is 37.9 Å². The van der Waals surface area contributed by atoms with E-state index >= 15 is 0 Å². The number of anilines is 1. The van der Waals surface area contributed by atoms with E-state index in [9.17, 15) is 0 Å². The highest BCUT2D eigenvalue weighted by Gasteiger charge is 2.17. The second kappa shape index (κ2) is 5.69. The summed E-state index contributed by atoms with van der Waals surface area (Å²) >= 11 is 1.68. The number of rotatable bonds is 4. The Morgan fingerprint density at radius 1 is 1.44 bits per heavy atom. The summed E-state index contributed by atoms with van der Waals surface area (Å²) in [4.78, 5) is 11.7. The van der Waals surface area contributed by atoms with Gasteiger partial charge >= 0.3 is 0 Å². The van der Waals surface area contributed by atoms with Crippen molar-refractivity contribution in [2.75, 3.05) is 44.2 Å². The Balaban J connectivity index is 1.76. The molecule has 2 rings (SSSR count). The van der Waals surface area contributed by atoms with E-state index in [2.05, 4.69) is 24.8 Å². The van der Waals surface area contributed by atoms with Crippen LogP contribution in [0.25, 0.3) is 10.4 Å². The fourth-order valence-corrected chi connectivity index (χ4v) is 2.46. The fraction of sp³-hybridized carbons (Fsp3) is 0.667. The van der Waals surface area contributed by atoms with Crippen LogP contribution >= 0.6 is 11.3 Å². The molecule has 0 aliphatic carbocycles. The van der Waals surface area contributed by atoms with Crippen LogP contribution in [0.3, 0.4) is 0 Å². The van der Waals surface area contributed by atoms with Crippen LogP contribution in [0.1, 0.15) is 0 Å². The van der Waals surface area contributed by atoms with Crippen LogP contribution in [0.2, 0.25) is 0 Å². The van der Waals surface area contributed by atoms with Gasteiger partial charge in [-0.15, -0.1) is 11.3 Å². The largest absolute Gasteiger partial charge is 0.346 e. The predicted molar refractivity (Wildman–Crippen MR) is 64.8 cm³/mol. The van der Waals surface area contributed by atoms with Gasteiger partial charge in [0.15, 0.2) is 5.13 Å². The molecule has 1 aliphatic rings. The molecule has 0 atom stereocenters. The molecule has 1 aromatic heterocycles. The molecule has 16 heavy (non-hydrogen) atoms. The summed E-state index contributed by atoms with van der Waals surface area (Å²) in [6.45, 7) is 5.46. The summed E-state index contributed by atoms with van der Waals surface area (Å²) in [6, 6.07) is 0. The molecule has 1 saturated heterocycles. The van der Waals surface area contributed by atoms with Crippen molar-refractivity contribution in [3.63, 3.8) is 0 Å². The fourth-order valence-electron chi connectivity index (χ4n) is 1.77. The first-order valence-electron chi connectivity index (χ1n) is 5.28. The molecule has 0 aromatic carbocycles. The van der Waals surface area contributed by atoms with Crippen LogP contribution < -0.4 is 4.90 Å². The van der Waals surface area contributed by atoms with Crippen molar-refractivity contribution in [3.8, 4) is 0 Å². The molecule has 86 valence electrons. The first-order valence-corrected chi connectivity index (χ1v) is 6.16. The van der Waals surface area contributed by atoms with Gasteiger partial charge in [-0.25, -0.2) is 4.98 Å². The van der Waals surface area contributed by atoms with Crippen LogP contribution in [-0.4, -0.2) is 49.2 Å². The Morgan fingerprint density at radius 3 is 2.88 bits per heavy atom. The van der Waals surface area contributed by atoms with Crippen molar-refractivity contribution in [1.29, 1.82) is 0 Å². The molecule has 1 aliphatic heterocycles. The first-order chi connectivity index (χ1) is 7.90. The zero-order valence-corrected chi connectivity index (χ0v) is 9.81. The van der Waals surface area contributed by atoms with Crippen LogP contribution in [0.15, 0.2) is 16.7 Å². The number of thiazole rings is 1. The summed E-state index contributed by atoms with van der Waals surface area (Å²) in [5.74, 6) is 0. The molecule has 0 spiro atoms. The van der Waals surface area contributed by atoms with Gasteiger partial charge in [-0.05, 0) is 5.53 Å². The van der Waals surface area contributed by atoms with Gasteiger partial charge in [-0.3, -0.25) is 4.90 Å². The van der Waals surface area contributed by atoms with Gasteiger partial charge < -0.3 is 4.90 Å². The molecule has 0 N–H and O–H groups in total. The standard InChI is InChI=1S/C9H14N6S/c10-13-12-1-3-14-4-6-15(7-5-14)9-11-2-8-16-9/h2,8H,1,3-7H2. The lowest BCUT2D eigenvalue weighted by atomic mass is 10.3. The molecule has 0 saturated carbocycles. The summed E-state index contributed by atoms with van der Waals surface area (Å²) < 4.78 is 0. The Hall–Kier alpha value is -1.30. The molecule has 0 radical (unpaired) electrons. The second-order valence-electron chi connectivity index (χ2n) is 3.60. The average molecular weight is 238 g/mol. The zero-order valence-electron chi connectivity index (χ0n) is 8.99. The van der Waals surface area contributed by atoms with Gasteiger partial charge in [0, 0.05) is 55.8 Å². The number of hydrogen-bond donors (Lipinski definition) is 0. The molecule has 0 bridgehead atoms. The summed E-state index contributed by atoms with van der Waals surface area (Å²) in [5, 5.41) is 6.66. The monoisotopic (exact) mass is 238 g/mol. The minimum Gasteiger partial charge on any atom is -0.346 e. The number of piperazine rings is 1. The average Bonchev–Trinajstić information content (AvgIpc) is 2.84. The van der Waals surface area contributed by atoms with Crippen molar-refractivity contribution >= 4 is 16.5 Å². The van der Waals surface area contributed by atoms with E-state index in [1.807, 2.05) is 11.6 Å². The van der Waals surface area contributed by atoms with Gasteiger partial charge in [-0.1, -0.05) is 5.11 Å². The Labute approximate surface area is 98.1 Å². The maximum absolute atomic E-state index is 8.19. The van der Waals surface area contributed by atoms with Gasteiger partial charge in [0.2, 0.25) is 0 Å². The minimum atomic E-state index is 0.563. The summed E-state index contributed by atoms with van der Waals surface area (Å²) in [7, 11) is 0. The maximum atomic E-state index is 8.19. The van der Waals surface area contributed by atoms with E-state index in [-0.39, 0.29) is 0 Å². The van der Waals surface area contributed by atoms with Crippen LogP contribution in [0.4, 0.5) is 5.13 Å². The highest BCUT2D eigenvalue weighted by atomic mass is 32.1. The van der Waals surface area contributed by atoms with E-state index in [4.69, 9.17) is 5.53 Å². The SMILES string of the molecule is [N-]=[N+]=NCCN1CCN(c2nccs2)CC1. The molecule has 0 unspecified atom stereocenters. The molecular formula is C9H14N6S. The molecule has 7 heteroatoms. The van der Waals surface area contributed by atoms with Gasteiger partial charge in [-0.2, -0.15) is 0 Å². The first kappa shape index (κ1) is 11.2. The quantitative estimate of drug-likeness (QED) is 0.454. The zero-order chi connectivity index (χ0) is 11.2. The van der Waals surface area contributed by atoms with Crippen molar-refractivity contribution in [2.24, 2.45) is 5.11 Å². The third-order valence-electron chi connectivity index (χ3n) is 2.64. The number of aromatic nitrogens is 1. The highest BCUT2D eigenvalue weighted by Crippen LogP contribution is 2.18. The van der Waals surface area contributed by atoms with Crippen molar-refractivity contribution in [3.05, 3.63) is 22.0 Å². The summed E-state index contributed by atoms with van der Waals surface area (Å²) in [6.07, 6.45) is 1.84. The smallest absolute Gasteiger partial charge is 0.185 e. The van der Waals surface area contributed by atoms with E-state index < -0.39 is 0 Å². The van der Waals surface area contributed by atoms with E-state index in [1.165, 1.54) is 0 Å². The van der Waals surface area contributed by atoms with E-state index in [1.54, 1.807) is 11.3 Å². The molecule has 2 heterocycles. The Kier molecular flexibility index (Phi) is 3.98. The van der Waals surface area contributed by atoms with Crippen LogP contribution in [0, 0.1) is 0 Å². The Morgan fingerprint density at radius 2 is 2.25 bits per heavy atom. The molecule has 1 fully saturated rings.